The molecule has 2 aromatic rings. The summed E-state index contributed by atoms with van der Waals surface area (Å²) in [4.78, 5) is 15.3. The summed E-state index contributed by atoms with van der Waals surface area (Å²) in [5.74, 6) is 0. The van der Waals surface area contributed by atoms with E-state index in [1.165, 1.54) is 13.0 Å². The smallest absolute Gasteiger partial charge is 0.416 e. The van der Waals surface area contributed by atoms with Crippen LogP contribution in [-0.4, -0.2) is 30.6 Å². The number of rotatable bonds is 6. The van der Waals surface area contributed by atoms with Crippen molar-refractivity contribution < 1.29 is 49.0 Å². The average molecular weight is 542 g/mol. The van der Waals surface area contributed by atoms with Crippen LogP contribution in [-0.2, 0) is 29.8 Å². The fraction of sp³-hybridized carbons (Fsp3) is 0.458. The van der Waals surface area contributed by atoms with Gasteiger partial charge in [0.15, 0.2) is 0 Å². The van der Waals surface area contributed by atoms with Crippen LogP contribution in [0.4, 0.5) is 50.0 Å². The Morgan fingerprint density at radius 3 is 1.89 bits per heavy atom. The number of ether oxygens (including phenoxy) is 1. The lowest BCUT2D eigenvalue weighted by molar-refractivity contribution is -0.143. The van der Waals surface area contributed by atoms with Crippen LogP contribution >= 0.6 is 0 Å². The Kier molecular flexibility index (Phi) is 7.67. The second-order valence-corrected chi connectivity index (χ2v) is 8.77. The molecule has 1 heterocycles. The predicted octanol–water partition coefficient (Wildman–Crippen LogP) is 7.67. The maximum Gasteiger partial charge on any atom is 0.416 e. The first-order valence-electron chi connectivity index (χ1n) is 11.1. The van der Waals surface area contributed by atoms with E-state index < -0.39 is 65.6 Å². The number of cyclic esters (lactones) is 1. The van der Waals surface area contributed by atoms with Gasteiger partial charge in [0.1, 0.15) is 6.10 Å². The first-order valence-corrected chi connectivity index (χ1v) is 11.1. The van der Waals surface area contributed by atoms with Gasteiger partial charge in [0.2, 0.25) is 0 Å². The largest absolute Gasteiger partial charge is 0.439 e. The van der Waals surface area contributed by atoms with E-state index in [1.807, 2.05) is 6.92 Å². The van der Waals surface area contributed by atoms with E-state index in [2.05, 4.69) is 0 Å². The molecule has 0 aromatic heterocycles. The summed E-state index contributed by atoms with van der Waals surface area (Å²) in [6, 6.07) is 2.81. The zero-order valence-electron chi connectivity index (χ0n) is 19.9. The molecule has 0 spiro atoms. The predicted molar refractivity (Wildman–Crippen MR) is 116 cm³/mol. The van der Waals surface area contributed by atoms with Gasteiger partial charge in [0.05, 0.1) is 29.3 Å². The van der Waals surface area contributed by atoms with Gasteiger partial charge in [-0.05, 0) is 60.9 Å². The normalized spacial score (nSPS) is 18.8. The number of nitrogens with zero attached hydrogens (tertiary/aromatic N) is 2. The van der Waals surface area contributed by atoms with Gasteiger partial charge in [-0.25, -0.2) is 4.79 Å². The minimum atomic E-state index is -5.10. The Morgan fingerprint density at radius 2 is 1.41 bits per heavy atom. The molecule has 0 radical (unpaired) electrons. The molecule has 1 aliphatic rings. The molecule has 4 nitrogen and oxygen atoms in total. The van der Waals surface area contributed by atoms with Crippen molar-refractivity contribution in [3.8, 4) is 0 Å². The van der Waals surface area contributed by atoms with Crippen molar-refractivity contribution in [2.24, 2.45) is 0 Å². The molecule has 0 bridgehead atoms. The highest BCUT2D eigenvalue weighted by atomic mass is 19.4. The molecule has 204 valence electrons. The molecule has 0 saturated carbocycles. The van der Waals surface area contributed by atoms with Gasteiger partial charge in [0.25, 0.3) is 0 Å². The molecule has 1 saturated heterocycles. The van der Waals surface area contributed by atoms with Crippen molar-refractivity contribution in [1.29, 1.82) is 0 Å². The fourth-order valence-corrected chi connectivity index (χ4v) is 4.20. The lowest BCUT2D eigenvalue weighted by Gasteiger charge is -2.27. The number of carbonyl (C=O) groups is 1. The Bertz CT molecular complexity index is 1110. The first kappa shape index (κ1) is 28.5. The van der Waals surface area contributed by atoms with Crippen molar-refractivity contribution in [3.63, 3.8) is 0 Å². The third kappa shape index (κ3) is 6.24. The van der Waals surface area contributed by atoms with Crippen LogP contribution in [0.1, 0.15) is 54.2 Å². The fourth-order valence-electron chi connectivity index (χ4n) is 4.20. The topological polar surface area (TPSA) is 32.8 Å². The van der Waals surface area contributed by atoms with Crippen molar-refractivity contribution in [2.75, 3.05) is 18.5 Å². The summed E-state index contributed by atoms with van der Waals surface area (Å²) in [5.41, 5.74) is -4.16. The third-order valence-corrected chi connectivity index (χ3v) is 6.05. The Morgan fingerprint density at radius 1 is 0.865 bits per heavy atom. The van der Waals surface area contributed by atoms with Gasteiger partial charge >= 0.3 is 24.6 Å². The van der Waals surface area contributed by atoms with Gasteiger partial charge < -0.3 is 9.64 Å². The summed E-state index contributed by atoms with van der Waals surface area (Å²) < 4.78 is 125. The van der Waals surface area contributed by atoms with Gasteiger partial charge in [-0.15, -0.1) is 0 Å². The van der Waals surface area contributed by atoms with E-state index in [-0.39, 0.29) is 11.6 Å². The van der Waals surface area contributed by atoms with Gasteiger partial charge in [-0.2, -0.15) is 39.5 Å². The van der Waals surface area contributed by atoms with Crippen LogP contribution in [0.15, 0.2) is 36.4 Å². The molecular weight excluding hydrogens is 519 g/mol. The Hall–Kier alpha value is -3.12. The molecule has 2 unspecified atom stereocenters. The molecule has 0 aliphatic carbocycles. The monoisotopic (exact) mass is 542 g/mol. The average Bonchev–Trinajstić information content (AvgIpc) is 3.05. The highest BCUT2D eigenvalue weighted by Gasteiger charge is 2.43. The summed E-state index contributed by atoms with van der Waals surface area (Å²) in [7, 11) is 1.64. The third-order valence-electron chi connectivity index (χ3n) is 6.05. The van der Waals surface area contributed by atoms with Crippen LogP contribution in [0.2, 0.25) is 0 Å². The van der Waals surface area contributed by atoms with E-state index in [0.29, 0.717) is 30.8 Å². The van der Waals surface area contributed by atoms with E-state index >= 15 is 0 Å². The first-order chi connectivity index (χ1) is 16.9. The van der Waals surface area contributed by atoms with E-state index in [9.17, 15) is 44.3 Å². The second kappa shape index (κ2) is 9.97. The number of anilines is 1. The number of alkyl halides is 9. The van der Waals surface area contributed by atoms with Crippen LogP contribution in [0, 0.1) is 0 Å². The number of amides is 1. The maximum atomic E-state index is 13.4. The number of hydrogen-bond acceptors (Lipinski definition) is 3. The lowest BCUT2D eigenvalue weighted by Crippen LogP contribution is -2.32. The highest BCUT2D eigenvalue weighted by Crippen LogP contribution is 2.42. The summed E-state index contributed by atoms with van der Waals surface area (Å²) in [6.07, 6.45) is -16.8. The standard InChI is InChI=1S/C24H23F9N2O2/c1-4-7-34(3)19-6-5-16(22(25,26)27)10-15(19)12-35-13(2)20(37-21(35)36)14-8-17(23(28,29)30)11-18(9-14)24(31,32)33/h5-6,8-11,13,20H,4,7,12H2,1-3H3. The number of halogens is 9. The van der Waals surface area contributed by atoms with Crippen molar-refractivity contribution in [3.05, 3.63) is 64.2 Å². The van der Waals surface area contributed by atoms with Crippen molar-refractivity contribution >= 4 is 11.8 Å². The molecule has 3 rings (SSSR count). The van der Waals surface area contributed by atoms with Gasteiger partial charge in [0, 0.05) is 19.3 Å². The number of hydrogen-bond donors (Lipinski definition) is 0. The molecular formula is C24H23F9N2O2. The molecule has 37 heavy (non-hydrogen) atoms. The zero-order valence-corrected chi connectivity index (χ0v) is 19.9. The number of benzene rings is 2. The summed E-state index contributed by atoms with van der Waals surface area (Å²) >= 11 is 0. The Labute approximate surface area is 206 Å². The van der Waals surface area contributed by atoms with E-state index in [1.54, 1.807) is 11.9 Å². The minimum Gasteiger partial charge on any atom is -0.439 e. The molecule has 1 amide bonds. The van der Waals surface area contributed by atoms with Crippen molar-refractivity contribution in [2.45, 2.75) is 57.5 Å². The quantitative estimate of drug-likeness (QED) is 0.351. The van der Waals surface area contributed by atoms with Crippen LogP contribution in [0.3, 0.4) is 0 Å². The zero-order chi connectivity index (χ0) is 27.9. The van der Waals surface area contributed by atoms with Gasteiger partial charge in [-0.3, -0.25) is 4.90 Å². The lowest BCUT2D eigenvalue weighted by atomic mass is 9.97. The number of carbonyl (C=O) groups excluding carboxylic acids is 1. The summed E-state index contributed by atoms with van der Waals surface area (Å²) in [6.45, 7) is 3.27. The molecule has 2 aromatic carbocycles. The molecule has 2 atom stereocenters. The second-order valence-electron chi connectivity index (χ2n) is 8.77. The summed E-state index contributed by atoms with van der Waals surface area (Å²) in [5, 5.41) is 0. The Balaban J connectivity index is 2.01. The van der Waals surface area contributed by atoms with E-state index in [4.69, 9.17) is 4.74 Å². The highest BCUT2D eigenvalue weighted by molar-refractivity contribution is 5.72. The minimum absolute atomic E-state index is 0.0405. The van der Waals surface area contributed by atoms with Crippen molar-refractivity contribution in [1.82, 2.24) is 4.90 Å². The van der Waals surface area contributed by atoms with Crippen LogP contribution in [0.5, 0.6) is 0 Å². The van der Waals surface area contributed by atoms with E-state index in [0.717, 1.165) is 17.0 Å². The van der Waals surface area contributed by atoms with Gasteiger partial charge in [-0.1, -0.05) is 6.92 Å². The molecule has 1 aliphatic heterocycles. The molecule has 1 fully saturated rings. The molecule has 13 heteroatoms. The molecule has 0 N–H and O–H groups in total. The van der Waals surface area contributed by atoms with Crippen LogP contribution < -0.4 is 4.90 Å². The maximum absolute atomic E-state index is 13.4. The van der Waals surface area contributed by atoms with Crippen LogP contribution in [0.25, 0.3) is 0 Å². The SMILES string of the molecule is CCCN(C)c1ccc(C(F)(F)F)cc1CN1C(=O)OC(c2cc(C(F)(F)F)cc(C(F)(F)F)c2)C1C.